The number of unbranched alkanes of at least 4 members (excludes halogenated alkanes) is 1. The van der Waals surface area contributed by atoms with Crippen molar-refractivity contribution in [2.75, 3.05) is 19.7 Å². The summed E-state index contributed by atoms with van der Waals surface area (Å²) in [5, 5.41) is 6.25. The zero-order chi connectivity index (χ0) is 17.1. The van der Waals surface area contributed by atoms with Crippen molar-refractivity contribution < 1.29 is 17.9 Å². The molecule has 0 amide bonds. The third-order valence-electron chi connectivity index (χ3n) is 2.80. The van der Waals surface area contributed by atoms with Gasteiger partial charge < -0.3 is 15.4 Å². The second-order valence-corrected chi connectivity index (χ2v) is 4.85. The monoisotopic (exact) mass is 460 g/mol. The topological polar surface area (TPSA) is 58.5 Å². The molecule has 1 aromatic rings. The Morgan fingerprint density at radius 1 is 1.29 bits per heavy atom. The first-order chi connectivity index (χ1) is 11.0. The first-order valence-electron chi connectivity index (χ1n) is 7.62. The Labute approximate surface area is 157 Å². The molecule has 0 radical (unpaired) electrons. The number of rotatable bonds is 8. The van der Waals surface area contributed by atoms with E-state index in [9.17, 15) is 13.2 Å². The van der Waals surface area contributed by atoms with Crippen LogP contribution in [0.1, 0.15) is 32.3 Å². The molecule has 24 heavy (non-hydrogen) atoms. The Bertz CT molecular complexity index is 498. The molecule has 0 fully saturated rings. The van der Waals surface area contributed by atoms with Crippen LogP contribution >= 0.6 is 24.0 Å². The molecule has 2 N–H and O–H groups in total. The Hall–Kier alpha value is -1.26. The molecule has 1 rings (SSSR count). The van der Waals surface area contributed by atoms with Gasteiger partial charge in [0.15, 0.2) is 12.6 Å². The lowest BCUT2D eigenvalue weighted by Gasteiger charge is -2.13. The smallest absolute Gasteiger partial charge is 0.422 e. The third kappa shape index (κ3) is 9.78. The predicted molar refractivity (Wildman–Crippen MR) is 98.9 cm³/mol. The van der Waals surface area contributed by atoms with Crippen LogP contribution < -0.4 is 15.4 Å². The first-order valence-corrected chi connectivity index (χ1v) is 7.62. The second-order valence-electron chi connectivity index (χ2n) is 4.85. The van der Waals surface area contributed by atoms with Gasteiger partial charge in [-0.1, -0.05) is 19.4 Å². The van der Waals surface area contributed by atoms with Crippen molar-refractivity contribution in [1.82, 2.24) is 15.6 Å². The van der Waals surface area contributed by atoms with Crippen LogP contribution in [-0.4, -0.2) is 36.8 Å². The summed E-state index contributed by atoms with van der Waals surface area (Å²) in [7, 11) is 0. The molecule has 1 aromatic heterocycles. The summed E-state index contributed by atoms with van der Waals surface area (Å²) in [4.78, 5) is 8.20. The molecule has 0 spiro atoms. The van der Waals surface area contributed by atoms with Crippen molar-refractivity contribution in [3.05, 3.63) is 23.9 Å². The van der Waals surface area contributed by atoms with Crippen molar-refractivity contribution in [3.63, 3.8) is 0 Å². The zero-order valence-electron chi connectivity index (χ0n) is 13.8. The fourth-order valence-corrected chi connectivity index (χ4v) is 1.71. The molecule has 1 heterocycles. The fourth-order valence-electron chi connectivity index (χ4n) is 1.71. The number of ether oxygens (including phenoxy) is 1. The molecule has 0 saturated carbocycles. The van der Waals surface area contributed by atoms with Crippen LogP contribution in [0.15, 0.2) is 23.3 Å². The number of hydrogen-bond donors (Lipinski definition) is 2. The Kier molecular flexibility index (Phi) is 11.5. The lowest BCUT2D eigenvalue weighted by molar-refractivity contribution is -0.154. The van der Waals surface area contributed by atoms with E-state index in [4.69, 9.17) is 4.74 Å². The van der Waals surface area contributed by atoms with Gasteiger partial charge in [0.1, 0.15) is 0 Å². The molecule has 0 saturated heterocycles. The fraction of sp³-hybridized carbons (Fsp3) is 0.600. The number of alkyl halides is 3. The third-order valence-corrected chi connectivity index (χ3v) is 2.80. The SMILES string of the molecule is CCCCNC(=NCc1cccnc1OCC(F)(F)F)NCC.I. The van der Waals surface area contributed by atoms with E-state index in [1.807, 2.05) is 6.92 Å². The first kappa shape index (κ1) is 22.7. The molecule has 0 atom stereocenters. The lowest BCUT2D eigenvalue weighted by Crippen LogP contribution is -2.37. The molecule has 0 unspecified atom stereocenters. The van der Waals surface area contributed by atoms with Gasteiger partial charge in [0.05, 0.1) is 6.54 Å². The molecule has 0 bridgehead atoms. The normalized spacial score (nSPS) is 11.6. The minimum atomic E-state index is -4.39. The van der Waals surface area contributed by atoms with Crippen molar-refractivity contribution in [2.45, 2.75) is 39.4 Å². The van der Waals surface area contributed by atoms with Gasteiger partial charge in [-0.25, -0.2) is 9.98 Å². The van der Waals surface area contributed by atoms with Crippen molar-refractivity contribution >= 4 is 29.9 Å². The number of nitrogens with one attached hydrogen (secondary N) is 2. The highest BCUT2D eigenvalue weighted by atomic mass is 127. The van der Waals surface area contributed by atoms with Gasteiger partial charge in [-0.3, -0.25) is 0 Å². The van der Waals surface area contributed by atoms with Crippen molar-refractivity contribution in [2.24, 2.45) is 4.99 Å². The summed E-state index contributed by atoms with van der Waals surface area (Å²) in [6.45, 7) is 4.33. The number of pyridine rings is 1. The number of nitrogens with zero attached hydrogens (tertiary/aromatic N) is 2. The molecule has 0 aromatic carbocycles. The molecule has 0 aliphatic carbocycles. The number of aliphatic imine (C=N–C) groups is 1. The van der Waals surface area contributed by atoms with Crippen LogP contribution in [0.5, 0.6) is 5.88 Å². The Morgan fingerprint density at radius 2 is 2.04 bits per heavy atom. The highest BCUT2D eigenvalue weighted by molar-refractivity contribution is 14.0. The van der Waals surface area contributed by atoms with E-state index in [2.05, 4.69) is 27.5 Å². The summed E-state index contributed by atoms with van der Waals surface area (Å²) >= 11 is 0. The molecule has 9 heteroatoms. The molecule has 0 aliphatic rings. The van der Waals surface area contributed by atoms with Gasteiger partial charge in [0.2, 0.25) is 5.88 Å². The van der Waals surface area contributed by atoms with Crippen LogP contribution in [0.4, 0.5) is 13.2 Å². The van der Waals surface area contributed by atoms with E-state index in [1.54, 1.807) is 12.1 Å². The molecular weight excluding hydrogens is 436 g/mol. The van der Waals surface area contributed by atoms with Gasteiger partial charge >= 0.3 is 6.18 Å². The van der Waals surface area contributed by atoms with Crippen LogP contribution in [0.3, 0.4) is 0 Å². The quantitative estimate of drug-likeness (QED) is 0.270. The summed E-state index contributed by atoms with van der Waals surface area (Å²) in [6, 6.07) is 3.29. The summed E-state index contributed by atoms with van der Waals surface area (Å²) in [5.41, 5.74) is 0.504. The zero-order valence-corrected chi connectivity index (χ0v) is 16.1. The molecular formula is C15H24F3IN4O. The predicted octanol–water partition coefficient (Wildman–Crippen LogP) is 3.50. The average molecular weight is 460 g/mol. The van der Waals surface area contributed by atoms with Gasteiger partial charge in [-0.15, -0.1) is 24.0 Å². The number of aromatic nitrogens is 1. The number of hydrogen-bond acceptors (Lipinski definition) is 3. The van der Waals surface area contributed by atoms with Crippen molar-refractivity contribution in [3.8, 4) is 5.88 Å². The maximum Gasteiger partial charge on any atom is 0.422 e. The van der Waals surface area contributed by atoms with E-state index >= 15 is 0 Å². The molecule has 5 nitrogen and oxygen atoms in total. The summed E-state index contributed by atoms with van der Waals surface area (Å²) < 4.78 is 41.5. The minimum absolute atomic E-state index is 0. The van der Waals surface area contributed by atoms with Gasteiger partial charge in [-0.2, -0.15) is 13.2 Å². The van der Waals surface area contributed by atoms with E-state index in [0.29, 0.717) is 18.1 Å². The Balaban J connectivity index is 0.00000529. The lowest BCUT2D eigenvalue weighted by atomic mass is 10.3. The summed E-state index contributed by atoms with van der Waals surface area (Å²) in [5.74, 6) is 0.574. The second kappa shape index (κ2) is 12.2. The van der Waals surface area contributed by atoms with Gasteiger partial charge in [0, 0.05) is 24.8 Å². The van der Waals surface area contributed by atoms with E-state index in [1.165, 1.54) is 6.20 Å². The standard InChI is InChI=1S/C15H23F3N4O.HI/c1-3-5-8-21-14(19-4-2)22-10-12-7-6-9-20-13(12)23-11-15(16,17)18;/h6-7,9H,3-5,8,10-11H2,1-2H3,(H2,19,21,22);1H. The Morgan fingerprint density at radius 3 is 2.67 bits per heavy atom. The molecule has 138 valence electrons. The molecule has 0 aliphatic heterocycles. The van der Waals surface area contributed by atoms with Crippen LogP contribution in [-0.2, 0) is 6.54 Å². The largest absolute Gasteiger partial charge is 0.468 e. The van der Waals surface area contributed by atoms with Crippen LogP contribution in [0, 0.1) is 0 Å². The maximum atomic E-state index is 12.3. The van der Waals surface area contributed by atoms with E-state index < -0.39 is 12.8 Å². The van der Waals surface area contributed by atoms with Crippen molar-refractivity contribution in [1.29, 1.82) is 0 Å². The number of halogens is 4. The minimum Gasteiger partial charge on any atom is -0.468 e. The van der Waals surface area contributed by atoms with E-state index in [-0.39, 0.29) is 36.4 Å². The maximum absolute atomic E-state index is 12.3. The highest BCUT2D eigenvalue weighted by Crippen LogP contribution is 2.20. The van der Waals surface area contributed by atoms with Crippen LogP contribution in [0.2, 0.25) is 0 Å². The van der Waals surface area contributed by atoms with Gasteiger partial charge in [0.25, 0.3) is 0 Å². The van der Waals surface area contributed by atoms with Gasteiger partial charge in [-0.05, 0) is 19.4 Å². The summed E-state index contributed by atoms with van der Waals surface area (Å²) in [6.07, 6.45) is -0.931. The van der Waals surface area contributed by atoms with Crippen LogP contribution in [0.25, 0.3) is 0 Å². The number of guanidine groups is 1. The highest BCUT2D eigenvalue weighted by Gasteiger charge is 2.29. The van der Waals surface area contributed by atoms with E-state index in [0.717, 1.165) is 19.4 Å². The average Bonchev–Trinajstić information content (AvgIpc) is 2.51.